The van der Waals surface area contributed by atoms with Gasteiger partial charge in [-0.2, -0.15) is 0 Å². The highest BCUT2D eigenvalue weighted by atomic mass is 79.9. The number of nitrogens with zero attached hydrogens (tertiary/aromatic N) is 2. The van der Waals surface area contributed by atoms with Crippen molar-refractivity contribution >= 4 is 27.9 Å². The third kappa shape index (κ3) is 5.42. The second-order valence-corrected chi connectivity index (χ2v) is 8.13. The number of amides is 2. The molecule has 1 aliphatic heterocycles. The molecule has 0 N–H and O–H groups in total. The molecule has 0 saturated carbocycles. The van der Waals surface area contributed by atoms with Crippen LogP contribution in [-0.2, 0) is 16.0 Å². The van der Waals surface area contributed by atoms with Crippen molar-refractivity contribution in [1.82, 2.24) is 9.80 Å². The lowest BCUT2D eigenvalue weighted by molar-refractivity contribution is -0.134. The Labute approximate surface area is 156 Å². The molecule has 2 rings (SSSR count). The van der Waals surface area contributed by atoms with Gasteiger partial charge in [-0.1, -0.05) is 22.0 Å². The Hall–Kier alpha value is -1.63. The van der Waals surface area contributed by atoms with Crippen LogP contribution in [0.1, 0.15) is 33.3 Å². The largest absolute Gasteiger partial charge is 0.444 e. The van der Waals surface area contributed by atoms with Crippen molar-refractivity contribution in [2.24, 2.45) is 0 Å². The van der Waals surface area contributed by atoms with E-state index in [9.17, 15) is 14.0 Å². The summed E-state index contributed by atoms with van der Waals surface area (Å²) in [7, 11) is 0. The molecule has 0 aromatic heterocycles. The van der Waals surface area contributed by atoms with E-state index in [0.717, 1.165) is 5.56 Å². The molecule has 1 aromatic carbocycles. The van der Waals surface area contributed by atoms with E-state index < -0.39 is 5.60 Å². The van der Waals surface area contributed by atoms with Crippen LogP contribution in [0.3, 0.4) is 0 Å². The summed E-state index contributed by atoms with van der Waals surface area (Å²) in [6, 6.07) is 4.20. The van der Waals surface area contributed by atoms with Crippen LogP contribution in [0.4, 0.5) is 9.18 Å². The van der Waals surface area contributed by atoms with Gasteiger partial charge in [0.15, 0.2) is 0 Å². The number of hydrogen-bond donors (Lipinski definition) is 0. The van der Waals surface area contributed by atoms with E-state index in [4.69, 9.17) is 4.74 Å². The molecule has 5 nitrogen and oxygen atoms in total. The Morgan fingerprint density at radius 3 is 2.56 bits per heavy atom. The molecule has 138 valence electrons. The smallest absolute Gasteiger partial charge is 0.410 e. The molecule has 0 spiro atoms. The second-order valence-electron chi connectivity index (χ2n) is 7.28. The molecular formula is C18H24BrFN2O3. The molecule has 2 amide bonds. The first-order chi connectivity index (χ1) is 11.6. The molecule has 25 heavy (non-hydrogen) atoms. The van der Waals surface area contributed by atoms with Crippen LogP contribution in [0.15, 0.2) is 22.7 Å². The summed E-state index contributed by atoms with van der Waals surface area (Å²) in [5.74, 6) is -0.383. The topological polar surface area (TPSA) is 49.9 Å². The lowest BCUT2D eigenvalue weighted by Crippen LogP contribution is -2.56. The van der Waals surface area contributed by atoms with Gasteiger partial charge < -0.3 is 14.5 Å². The van der Waals surface area contributed by atoms with Gasteiger partial charge in [0.05, 0.1) is 6.42 Å². The summed E-state index contributed by atoms with van der Waals surface area (Å²) < 4.78 is 19.1. The molecule has 0 bridgehead atoms. The Morgan fingerprint density at radius 1 is 1.32 bits per heavy atom. The average molecular weight is 415 g/mol. The van der Waals surface area contributed by atoms with Crippen LogP contribution in [-0.4, -0.2) is 53.1 Å². The van der Waals surface area contributed by atoms with Crippen LogP contribution in [0.25, 0.3) is 0 Å². The van der Waals surface area contributed by atoms with Gasteiger partial charge in [0, 0.05) is 30.1 Å². The highest BCUT2D eigenvalue weighted by Crippen LogP contribution is 2.21. The third-order valence-electron chi connectivity index (χ3n) is 3.96. The van der Waals surface area contributed by atoms with Crippen molar-refractivity contribution in [1.29, 1.82) is 0 Å². The van der Waals surface area contributed by atoms with Gasteiger partial charge in [-0.05, 0) is 45.4 Å². The van der Waals surface area contributed by atoms with E-state index in [1.54, 1.807) is 15.9 Å². The minimum atomic E-state index is -0.540. The minimum absolute atomic E-state index is 0.0383. The van der Waals surface area contributed by atoms with E-state index in [1.807, 2.05) is 27.7 Å². The van der Waals surface area contributed by atoms with Crippen LogP contribution in [0.2, 0.25) is 0 Å². The predicted molar refractivity (Wildman–Crippen MR) is 96.8 cm³/mol. The van der Waals surface area contributed by atoms with Crippen LogP contribution < -0.4 is 0 Å². The first-order valence-corrected chi connectivity index (χ1v) is 9.07. The highest BCUT2D eigenvalue weighted by Gasteiger charge is 2.32. The molecular weight excluding hydrogens is 391 g/mol. The van der Waals surface area contributed by atoms with Gasteiger partial charge in [-0.3, -0.25) is 4.79 Å². The van der Waals surface area contributed by atoms with Crippen molar-refractivity contribution < 1.29 is 18.7 Å². The molecule has 1 atom stereocenters. The van der Waals surface area contributed by atoms with Crippen LogP contribution in [0, 0.1) is 5.82 Å². The van der Waals surface area contributed by atoms with Gasteiger partial charge in [-0.25, -0.2) is 9.18 Å². The summed E-state index contributed by atoms with van der Waals surface area (Å²) in [6.07, 6.45) is -0.162. The van der Waals surface area contributed by atoms with Crippen molar-refractivity contribution in [3.05, 3.63) is 34.1 Å². The Kier molecular flexibility index (Phi) is 6.08. The minimum Gasteiger partial charge on any atom is -0.444 e. The molecule has 0 unspecified atom stereocenters. The highest BCUT2D eigenvalue weighted by molar-refractivity contribution is 9.10. The van der Waals surface area contributed by atoms with E-state index in [-0.39, 0.29) is 30.3 Å². The maximum Gasteiger partial charge on any atom is 0.410 e. The lowest BCUT2D eigenvalue weighted by atomic mass is 10.1. The SMILES string of the molecule is C[C@H]1CN(C(=O)OC(C)(C)C)CCN1C(=O)Cc1ccc(F)cc1Br. The van der Waals surface area contributed by atoms with Gasteiger partial charge in [0.2, 0.25) is 5.91 Å². The third-order valence-corrected chi connectivity index (χ3v) is 4.69. The standard InChI is InChI=1S/C18H24BrFN2O3/c1-12-11-21(17(24)25-18(2,3)4)7-8-22(12)16(23)9-13-5-6-14(20)10-15(13)19/h5-6,10,12H,7-9,11H2,1-4H3/t12-/m0/s1. The Morgan fingerprint density at radius 2 is 2.00 bits per heavy atom. The van der Waals surface area contributed by atoms with E-state index in [0.29, 0.717) is 24.1 Å². The average Bonchev–Trinajstić information content (AvgIpc) is 2.48. The van der Waals surface area contributed by atoms with Crippen molar-refractivity contribution in [2.45, 2.75) is 45.8 Å². The van der Waals surface area contributed by atoms with Gasteiger partial charge >= 0.3 is 6.09 Å². The van der Waals surface area contributed by atoms with Gasteiger partial charge in [0.25, 0.3) is 0 Å². The zero-order valence-electron chi connectivity index (χ0n) is 15.0. The number of ether oxygens (including phenoxy) is 1. The summed E-state index contributed by atoms with van der Waals surface area (Å²) in [4.78, 5) is 28.2. The normalized spacial score (nSPS) is 18.2. The summed E-state index contributed by atoms with van der Waals surface area (Å²) in [5.41, 5.74) is 0.204. The number of benzene rings is 1. The molecule has 7 heteroatoms. The maximum atomic E-state index is 13.2. The second kappa shape index (κ2) is 7.72. The fraction of sp³-hybridized carbons (Fsp3) is 0.556. The molecule has 1 fully saturated rings. The fourth-order valence-corrected chi connectivity index (χ4v) is 3.24. The number of rotatable bonds is 2. The molecule has 1 aromatic rings. The first kappa shape index (κ1) is 19.7. The summed E-state index contributed by atoms with van der Waals surface area (Å²) in [5, 5.41) is 0. The van der Waals surface area contributed by atoms with Crippen molar-refractivity contribution in [3.63, 3.8) is 0 Å². The number of piperazine rings is 1. The zero-order chi connectivity index (χ0) is 18.8. The Bertz CT molecular complexity index is 660. The van der Waals surface area contributed by atoms with Crippen LogP contribution in [0.5, 0.6) is 0 Å². The maximum absolute atomic E-state index is 13.2. The van der Waals surface area contributed by atoms with E-state index in [1.165, 1.54) is 12.1 Å². The quantitative estimate of drug-likeness (QED) is 0.742. The molecule has 0 radical (unpaired) electrons. The summed E-state index contributed by atoms with van der Waals surface area (Å²) >= 11 is 3.29. The molecule has 0 aliphatic carbocycles. The Balaban J connectivity index is 1.96. The molecule has 1 heterocycles. The monoisotopic (exact) mass is 414 g/mol. The number of halogens is 2. The van der Waals surface area contributed by atoms with Crippen molar-refractivity contribution in [3.8, 4) is 0 Å². The van der Waals surface area contributed by atoms with Crippen LogP contribution >= 0.6 is 15.9 Å². The van der Waals surface area contributed by atoms with Gasteiger partial charge in [-0.15, -0.1) is 0 Å². The first-order valence-electron chi connectivity index (χ1n) is 8.28. The number of carbonyl (C=O) groups excluding carboxylic acids is 2. The lowest BCUT2D eigenvalue weighted by Gasteiger charge is -2.40. The van der Waals surface area contributed by atoms with E-state index >= 15 is 0 Å². The zero-order valence-corrected chi connectivity index (χ0v) is 16.6. The summed E-state index contributed by atoms with van der Waals surface area (Å²) in [6.45, 7) is 8.73. The van der Waals surface area contributed by atoms with E-state index in [2.05, 4.69) is 15.9 Å². The van der Waals surface area contributed by atoms with Crippen molar-refractivity contribution in [2.75, 3.05) is 19.6 Å². The molecule has 1 saturated heterocycles. The predicted octanol–water partition coefficient (Wildman–Crippen LogP) is 3.60. The fourth-order valence-electron chi connectivity index (χ4n) is 2.75. The van der Waals surface area contributed by atoms with Gasteiger partial charge in [0.1, 0.15) is 11.4 Å². The molecule has 1 aliphatic rings. The number of hydrogen-bond acceptors (Lipinski definition) is 3. The number of carbonyl (C=O) groups is 2.